The maximum atomic E-state index is 12.7. The van der Waals surface area contributed by atoms with Gasteiger partial charge in [-0.2, -0.15) is 0 Å². The van der Waals surface area contributed by atoms with Crippen LogP contribution in [-0.4, -0.2) is 38.6 Å². The van der Waals surface area contributed by atoms with Crippen molar-refractivity contribution in [1.82, 2.24) is 15.0 Å². The number of ketones is 2. The van der Waals surface area contributed by atoms with E-state index in [2.05, 4.69) is 15.0 Å². The second-order valence-corrected chi connectivity index (χ2v) is 6.34. The number of Topliss-reactive ketones (excluding diaryl/α,β-unsaturated/α-hetero) is 2. The van der Waals surface area contributed by atoms with Crippen LogP contribution in [0.1, 0.15) is 56.4 Å². The molecule has 0 spiro atoms. The van der Waals surface area contributed by atoms with Crippen LogP contribution in [0.2, 0.25) is 0 Å². The van der Waals surface area contributed by atoms with E-state index in [0.717, 1.165) is 0 Å². The fraction of sp³-hybridized carbons (Fsp3) is 0.250. The van der Waals surface area contributed by atoms with Gasteiger partial charge in [0, 0.05) is 11.3 Å². The summed E-state index contributed by atoms with van der Waals surface area (Å²) >= 11 is 0. The number of carbonyl (C=O) groups excluding carboxylic acids is 3. The van der Waals surface area contributed by atoms with Crippen LogP contribution in [0, 0.1) is 13.8 Å². The number of hydrogen-bond donors (Lipinski definition) is 1. The summed E-state index contributed by atoms with van der Waals surface area (Å²) in [6.45, 7) is 6.34. The van der Waals surface area contributed by atoms with Gasteiger partial charge in [-0.25, -0.2) is 9.78 Å². The van der Waals surface area contributed by atoms with E-state index in [-0.39, 0.29) is 17.2 Å². The fourth-order valence-electron chi connectivity index (χ4n) is 3.06. The molecule has 0 saturated carbocycles. The highest BCUT2D eigenvalue weighted by molar-refractivity contribution is 6.05. The molecule has 0 amide bonds. The Morgan fingerprint density at radius 3 is 2.41 bits per heavy atom. The van der Waals surface area contributed by atoms with Crippen LogP contribution in [0.15, 0.2) is 30.5 Å². The molecule has 27 heavy (non-hydrogen) atoms. The van der Waals surface area contributed by atoms with Gasteiger partial charge in [0.2, 0.25) is 5.78 Å². The molecule has 3 rings (SSSR count). The lowest BCUT2D eigenvalue weighted by Crippen LogP contribution is -2.26. The van der Waals surface area contributed by atoms with Crippen LogP contribution in [0.25, 0.3) is 11.0 Å². The fourth-order valence-corrected chi connectivity index (χ4v) is 3.06. The van der Waals surface area contributed by atoms with Crippen molar-refractivity contribution in [1.29, 1.82) is 0 Å². The zero-order chi connectivity index (χ0) is 19.7. The Labute approximate surface area is 155 Å². The molecule has 0 aliphatic carbocycles. The summed E-state index contributed by atoms with van der Waals surface area (Å²) < 4.78 is 5.27. The number of aromatic amines is 1. The van der Waals surface area contributed by atoms with Gasteiger partial charge in [0.15, 0.2) is 17.6 Å². The van der Waals surface area contributed by atoms with Crippen molar-refractivity contribution in [3.63, 3.8) is 0 Å². The number of aryl methyl sites for hydroxylation is 1. The van der Waals surface area contributed by atoms with Gasteiger partial charge in [0.25, 0.3) is 0 Å². The third kappa shape index (κ3) is 3.48. The zero-order valence-corrected chi connectivity index (χ0v) is 15.5. The Kier molecular flexibility index (Phi) is 4.85. The molecule has 1 aromatic carbocycles. The van der Waals surface area contributed by atoms with Crippen molar-refractivity contribution in [3.8, 4) is 0 Å². The molecule has 0 bridgehead atoms. The maximum absolute atomic E-state index is 12.7. The predicted octanol–water partition coefficient (Wildman–Crippen LogP) is 3.21. The van der Waals surface area contributed by atoms with E-state index in [4.69, 9.17) is 4.74 Å². The molecule has 1 N–H and O–H groups in total. The minimum Gasteiger partial charge on any atom is -0.449 e. The van der Waals surface area contributed by atoms with E-state index < -0.39 is 17.9 Å². The van der Waals surface area contributed by atoms with Crippen molar-refractivity contribution in [2.75, 3.05) is 0 Å². The first kappa shape index (κ1) is 18.4. The molecule has 7 heteroatoms. The second kappa shape index (κ2) is 7.11. The number of nitrogens with one attached hydrogen (secondary N) is 1. The van der Waals surface area contributed by atoms with Crippen LogP contribution in [0.3, 0.4) is 0 Å². The average Bonchev–Trinajstić information content (AvgIpc) is 2.94. The SMILES string of the molecule is CC(=O)c1c(C)[nH]c(C(=O)C(C)OC(=O)c2cnc3ccccc3n2)c1C. The minimum atomic E-state index is -1.04. The van der Waals surface area contributed by atoms with Crippen molar-refractivity contribution >= 4 is 28.6 Å². The van der Waals surface area contributed by atoms with Crippen molar-refractivity contribution < 1.29 is 19.1 Å². The number of para-hydroxylation sites is 2. The number of nitrogens with zero attached hydrogens (tertiary/aromatic N) is 2. The lowest BCUT2D eigenvalue weighted by Gasteiger charge is -2.12. The van der Waals surface area contributed by atoms with E-state index in [1.165, 1.54) is 20.0 Å². The Morgan fingerprint density at radius 2 is 1.78 bits per heavy atom. The molecule has 3 aromatic rings. The number of carbonyl (C=O) groups is 3. The summed E-state index contributed by atoms with van der Waals surface area (Å²) in [6, 6.07) is 7.14. The lowest BCUT2D eigenvalue weighted by molar-refractivity contribution is 0.0311. The van der Waals surface area contributed by atoms with Crippen LogP contribution < -0.4 is 0 Å². The summed E-state index contributed by atoms with van der Waals surface area (Å²) in [5, 5.41) is 0. The van der Waals surface area contributed by atoms with E-state index in [0.29, 0.717) is 27.9 Å². The molecular formula is C20H19N3O4. The summed E-state index contributed by atoms with van der Waals surface area (Å²) in [6.07, 6.45) is 0.280. The van der Waals surface area contributed by atoms with Gasteiger partial charge >= 0.3 is 5.97 Å². The number of rotatable bonds is 5. The maximum Gasteiger partial charge on any atom is 0.359 e. The van der Waals surface area contributed by atoms with Crippen LogP contribution in [0.5, 0.6) is 0 Å². The zero-order valence-electron chi connectivity index (χ0n) is 15.5. The highest BCUT2D eigenvalue weighted by atomic mass is 16.5. The summed E-state index contributed by atoms with van der Waals surface area (Å²) in [5.41, 5.74) is 3.16. The second-order valence-electron chi connectivity index (χ2n) is 6.34. The first-order valence-electron chi connectivity index (χ1n) is 8.46. The van der Waals surface area contributed by atoms with Gasteiger partial charge in [0.05, 0.1) is 22.9 Å². The summed E-state index contributed by atoms with van der Waals surface area (Å²) in [4.78, 5) is 48.1. The molecule has 0 radical (unpaired) electrons. The first-order chi connectivity index (χ1) is 12.8. The Balaban J connectivity index is 1.80. The molecule has 0 aliphatic heterocycles. The van der Waals surface area contributed by atoms with Gasteiger partial charge < -0.3 is 9.72 Å². The summed E-state index contributed by atoms with van der Waals surface area (Å²) in [7, 11) is 0. The van der Waals surface area contributed by atoms with Crippen LogP contribution >= 0.6 is 0 Å². The number of hydrogen-bond acceptors (Lipinski definition) is 6. The standard InChI is InChI=1S/C20H19N3O4/c1-10-17(12(3)24)11(2)22-18(10)19(25)13(4)27-20(26)16-9-21-14-7-5-6-8-15(14)23-16/h5-9,13,22H,1-4H3. The Bertz CT molecular complexity index is 1070. The number of esters is 1. The van der Waals surface area contributed by atoms with Gasteiger partial charge in [-0.1, -0.05) is 12.1 Å². The largest absolute Gasteiger partial charge is 0.449 e. The smallest absolute Gasteiger partial charge is 0.359 e. The number of H-pyrrole nitrogens is 1. The molecule has 7 nitrogen and oxygen atoms in total. The number of ether oxygens (including phenoxy) is 1. The van der Waals surface area contributed by atoms with Crippen LogP contribution in [-0.2, 0) is 4.74 Å². The molecule has 1 atom stereocenters. The first-order valence-corrected chi connectivity index (χ1v) is 8.46. The van der Waals surface area contributed by atoms with E-state index >= 15 is 0 Å². The minimum absolute atomic E-state index is 0.0252. The number of benzene rings is 1. The Hall–Kier alpha value is -3.35. The third-order valence-electron chi connectivity index (χ3n) is 4.35. The quantitative estimate of drug-likeness (QED) is 0.550. The molecular weight excluding hydrogens is 346 g/mol. The average molecular weight is 365 g/mol. The van der Waals surface area contributed by atoms with Crippen molar-refractivity contribution in [2.45, 2.75) is 33.8 Å². The third-order valence-corrected chi connectivity index (χ3v) is 4.35. The van der Waals surface area contributed by atoms with Crippen molar-refractivity contribution in [2.24, 2.45) is 0 Å². The normalized spacial score (nSPS) is 12.0. The van der Waals surface area contributed by atoms with Gasteiger partial charge in [-0.05, 0) is 45.4 Å². The Morgan fingerprint density at radius 1 is 1.11 bits per heavy atom. The highest BCUT2D eigenvalue weighted by Gasteiger charge is 2.26. The topological polar surface area (TPSA) is 102 Å². The van der Waals surface area contributed by atoms with Gasteiger partial charge in [0.1, 0.15) is 0 Å². The molecule has 2 aromatic heterocycles. The monoisotopic (exact) mass is 365 g/mol. The van der Waals surface area contributed by atoms with Gasteiger partial charge in [-0.3, -0.25) is 14.6 Å². The van der Waals surface area contributed by atoms with E-state index in [1.54, 1.807) is 32.0 Å². The summed E-state index contributed by atoms with van der Waals surface area (Å²) in [5.74, 6) is -1.27. The number of aromatic nitrogens is 3. The number of fused-ring (bicyclic) bond motifs is 1. The highest BCUT2D eigenvalue weighted by Crippen LogP contribution is 2.21. The van der Waals surface area contributed by atoms with E-state index in [1.807, 2.05) is 6.07 Å². The predicted molar refractivity (Wildman–Crippen MR) is 99.0 cm³/mol. The van der Waals surface area contributed by atoms with Gasteiger partial charge in [-0.15, -0.1) is 0 Å². The lowest BCUT2D eigenvalue weighted by atomic mass is 10.0. The molecule has 0 saturated heterocycles. The molecule has 1 unspecified atom stereocenters. The molecule has 0 aliphatic rings. The molecule has 0 fully saturated rings. The molecule has 138 valence electrons. The van der Waals surface area contributed by atoms with E-state index in [9.17, 15) is 14.4 Å². The van der Waals surface area contributed by atoms with Crippen LogP contribution in [0.4, 0.5) is 0 Å². The molecule has 2 heterocycles. The van der Waals surface area contributed by atoms with Crippen molar-refractivity contribution in [3.05, 3.63) is 58.7 Å².